The molecule has 2 aromatic rings. The van der Waals surface area contributed by atoms with E-state index in [0.29, 0.717) is 18.8 Å². The maximum atomic E-state index is 10.1. The van der Waals surface area contributed by atoms with Gasteiger partial charge in [0.15, 0.2) is 0 Å². The standard InChI is InChI=1S/C18H21NO2/c20-17-7-4-10-19(13-17)12-16-11-15(8-9-18(16)21)14-5-2-1-3-6-14/h1-3,5-6,8-9,11,17,20-21H,4,7,10,12-13H2/t17-/m0/s1. The molecule has 3 nitrogen and oxygen atoms in total. The van der Waals surface area contributed by atoms with E-state index in [4.69, 9.17) is 0 Å². The fourth-order valence-corrected chi connectivity index (χ4v) is 2.94. The SMILES string of the molecule is Oc1ccc(-c2ccccc2)cc1CN1CCC[C@H](O)C1. The zero-order chi connectivity index (χ0) is 14.7. The first-order chi connectivity index (χ1) is 10.2. The predicted molar refractivity (Wildman–Crippen MR) is 84.1 cm³/mol. The zero-order valence-corrected chi connectivity index (χ0v) is 12.1. The third-order valence-electron chi connectivity index (χ3n) is 4.06. The van der Waals surface area contributed by atoms with Crippen molar-refractivity contribution in [1.29, 1.82) is 0 Å². The molecule has 0 amide bonds. The molecule has 3 rings (SSSR count). The van der Waals surface area contributed by atoms with Crippen LogP contribution in [0, 0.1) is 0 Å². The fourth-order valence-electron chi connectivity index (χ4n) is 2.94. The first kappa shape index (κ1) is 14.1. The van der Waals surface area contributed by atoms with Crippen molar-refractivity contribution in [3.8, 4) is 16.9 Å². The van der Waals surface area contributed by atoms with Gasteiger partial charge in [0.05, 0.1) is 6.10 Å². The van der Waals surface area contributed by atoms with Crippen LogP contribution in [-0.4, -0.2) is 34.3 Å². The lowest BCUT2D eigenvalue weighted by Gasteiger charge is -2.30. The number of aliphatic hydroxyl groups excluding tert-OH is 1. The number of aliphatic hydroxyl groups is 1. The van der Waals surface area contributed by atoms with Gasteiger partial charge in [0.1, 0.15) is 5.75 Å². The molecule has 0 radical (unpaired) electrons. The van der Waals surface area contributed by atoms with Gasteiger partial charge in [-0.15, -0.1) is 0 Å². The number of nitrogens with zero attached hydrogens (tertiary/aromatic N) is 1. The first-order valence-corrected chi connectivity index (χ1v) is 7.50. The molecule has 0 bridgehead atoms. The summed E-state index contributed by atoms with van der Waals surface area (Å²) in [5.41, 5.74) is 3.18. The van der Waals surface area contributed by atoms with Crippen molar-refractivity contribution in [2.24, 2.45) is 0 Å². The molecule has 2 aromatic carbocycles. The Morgan fingerprint density at radius 2 is 1.86 bits per heavy atom. The van der Waals surface area contributed by atoms with E-state index in [1.54, 1.807) is 6.07 Å². The summed E-state index contributed by atoms with van der Waals surface area (Å²) >= 11 is 0. The number of benzene rings is 2. The number of hydrogen-bond donors (Lipinski definition) is 2. The highest BCUT2D eigenvalue weighted by Gasteiger charge is 2.18. The Bertz CT molecular complexity index is 597. The minimum absolute atomic E-state index is 0.238. The van der Waals surface area contributed by atoms with Crippen LogP contribution >= 0.6 is 0 Å². The summed E-state index contributed by atoms with van der Waals surface area (Å²) in [6.07, 6.45) is 1.66. The largest absolute Gasteiger partial charge is 0.508 e. The number of piperidine rings is 1. The average Bonchev–Trinajstić information content (AvgIpc) is 2.50. The van der Waals surface area contributed by atoms with Gasteiger partial charge in [-0.1, -0.05) is 36.4 Å². The predicted octanol–water partition coefficient (Wildman–Crippen LogP) is 3.02. The van der Waals surface area contributed by atoms with Gasteiger partial charge in [-0.2, -0.15) is 0 Å². The molecule has 0 saturated carbocycles. The van der Waals surface area contributed by atoms with Crippen LogP contribution in [0.1, 0.15) is 18.4 Å². The van der Waals surface area contributed by atoms with E-state index in [1.807, 2.05) is 30.3 Å². The normalized spacial score (nSPS) is 19.6. The molecular formula is C18H21NO2. The molecule has 1 aliphatic rings. The molecule has 0 aromatic heterocycles. The van der Waals surface area contributed by atoms with Crippen molar-refractivity contribution < 1.29 is 10.2 Å². The number of likely N-dealkylation sites (tertiary alicyclic amines) is 1. The third kappa shape index (κ3) is 3.43. The molecule has 1 fully saturated rings. The molecule has 110 valence electrons. The minimum atomic E-state index is -0.238. The maximum Gasteiger partial charge on any atom is 0.120 e. The number of phenolic OH excluding ortho intramolecular Hbond substituents is 1. The van der Waals surface area contributed by atoms with Crippen LogP contribution in [-0.2, 0) is 6.54 Å². The molecule has 1 aliphatic heterocycles. The van der Waals surface area contributed by atoms with Gasteiger partial charge in [-0.3, -0.25) is 4.90 Å². The monoisotopic (exact) mass is 283 g/mol. The van der Waals surface area contributed by atoms with Crippen LogP contribution in [0.2, 0.25) is 0 Å². The van der Waals surface area contributed by atoms with Gasteiger partial charge in [-0.25, -0.2) is 0 Å². The molecular weight excluding hydrogens is 262 g/mol. The first-order valence-electron chi connectivity index (χ1n) is 7.50. The molecule has 3 heteroatoms. The lowest BCUT2D eigenvalue weighted by molar-refractivity contribution is 0.0664. The summed E-state index contributed by atoms with van der Waals surface area (Å²) in [6, 6.07) is 15.9. The Balaban J connectivity index is 1.81. The fraction of sp³-hybridized carbons (Fsp3) is 0.333. The summed E-state index contributed by atoms with van der Waals surface area (Å²) < 4.78 is 0. The summed E-state index contributed by atoms with van der Waals surface area (Å²) in [5, 5.41) is 19.8. The number of hydrogen-bond acceptors (Lipinski definition) is 3. The second-order valence-corrected chi connectivity index (χ2v) is 5.74. The summed E-state index contributed by atoms with van der Waals surface area (Å²) in [6.45, 7) is 2.35. The van der Waals surface area contributed by atoms with E-state index < -0.39 is 0 Å². The van der Waals surface area contributed by atoms with Crippen LogP contribution in [0.25, 0.3) is 11.1 Å². The smallest absolute Gasteiger partial charge is 0.120 e. The highest BCUT2D eigenvalue weighted by Crippen LogP contribution is 2.27. The van der Waals surface area contributed by atoms with Crippen LogP contribution in [0.4, 0.5) is 0 Å². The van der Waals surface area contributed by atoms with Crippen molar-refractivity contribution >= 4 is 0 Å². The number of aromatic hydroxyl groups is 1. The topological polar surface area (TPSA) is 43.7 Å². The van der Waals surface area contributed by atoms with Crippen molar-refractivity contribution in [3.63, 3.8) is 0 Å². The van der Waals surface area contributed by atoms with Crippen molar-refractivity contribution in [3.05, 3.63) is 54.1 Å². The minimum Gasteiger partial charge on any atom is -0.508 e. The van der Waals surface area contributed by atoms with Crippen molar-refractivity contribution in [2.75, 3.05) is 13.1 Å². The molecule has 1 atom stereocenters. The van der Waals surface area contributed by atoms with E-state index in [1.165, 1.54) is 0 Å². The lowest BCUT2D eigenvalue weighted by atomic mass is 10.0. The van der Waals surface area contributed by atoms with Crippen molar-refractivity contribution in [2.45, 2.75) is 25.5 Å². The number of β-amino-alcohol motifs (C(OH)–C–C–N with tert-alkyl or cyclic N) is 1. The lowest BCUT2D eigenvalue weighted by Crippen LogP contribution is -2.37. The van der Waals surface area contributed by atoms with E-state index >= 15 is 0 Å². The Morgan fingerprint density at radius 3 is 2.62 bits per heavy atom. The third-order valence-corrected chi connectivity index (χ3v) is 4.06. The quantitative estimate of drug-likeness (QED) is 0.910. The highest BCUT2D eigenvalue weighted by atomic mass is 16.3. The summed E-state index contributed by atoms with van der Waals surface area (Å²) in [4.78, 5) is 2.21. The van der Waals surface area contributed by atoms with Gasteiger partial charge in [0, 0.05) is 18.7 Å². The second-order valence-electron chi connectivity index (χ2n) is 5.74. The summed E-state index contributed by atoms with van der Waals surface area (Å²) in [7, 11) is 0. The Hall–Kier alpha value is -1.84. The average molecular weight is 283 g/mol. The van der Waals surface area contributed by atoms with Gasteiger partial charge >= 0.3 is 0 Å². The van der Waals surface area contributed by atoms with Gasteiger partial charge in [0.2, 0.25) is 0 Å². The number of phenols is 1. The van der Waals surface area contributed by atoms with E-state index in [2.05, 4.69) is 17.0 Å². The zero-order valence-electron chi connectivity index (χ0n) is 12.1. The molecule has 0 aliphatic carbocycles. The second kappa shape index (κ2) is 6.29. The molecule has 1 saturated heterocycles. The Morgan fingerprint density at radius 1 is 1.05 bits per heavy atom. The molecule has 1 heterocycles. The Kier molecular flexibility index (Phi) is 4.23. The van der Waals surface area contributed by atoms with Crippen LogP contribution in [0.3, 0.4) is 0 Å². The molecule has 0 spiro atoms. The summed E-state index contributed by atoms with van der Waals surface area (Å²) in [5.74, 6) is 0.328. The van der Waals surface area contributed by atoms with Gasteiger partial charge < -0.3 is 10.2 Å². The van der Waals surface area contributed by atoms with Crippen molar-refractivity contribution in [1.82, 2.24) is 4.90 Å². The molecule has 21 heavy (non-hydrogen) atoms. The van der Waals surface area contributed by atoms with E-state index in [9.17, 15) is 10.2 Å². The van der Waals surface area contributed by atoms with Crippen LogP contribution in [0.5, 0.6) is 5.75 Å². The number of rotatable bonds is 3. The Labute approximate surface area is 125 Å². The van der Waals surface area contributed by atoms with Crippen LogP contribution < -0.4 is 0 Å². The van der Waals surface area contributed by atoms with Gasteiger partial charge in [0.25, 0.3) is 0 Å². The van der Waals surface area contributed by atoms with Crippen LogP contribution in [0.15, 0.2) is 48.5 Å². The van der Waals surface area contributed by atoms with Gasteiger partial charge in [-0.05, 0) is 42.6 Å². The molecule has 2 N–H and O–H groups in total. The van der Waals surface area contributed by atoms with E-state index in [-0.39, 0.29) is 6.10 Å². The highest BCUT2D eigenvalue weighted by molar-refractivity contribution is 5.65. The maximum absolute atomic E-state index is 10.1. The molecule has 0 unspecified atom stereocenters. The van der Waals surface area contributed by atoms with E-state index in [0.717, 1.165) is 36.1 Å².